The van der Waals surface area contributed by atoms with Crippen LogP contribution < -0.4 is 11.3 Å². The van der Waals surface area contributed by atoms with Gasteiger partial charge in [0.05, 0.1) is 22.6 Å². The van der Waals surface area contributed by atoms with E-state index in [0.29, 0.717) is 6.10 Å². The predicted octanol–water partition coefficient (Wildman–Crippen LogP) is 2.47. The fourth-order valence-electron chi connectivity index (χ4n) is 1.95. The van der Waals surface area contributed by atoms with Crippen molar-refractivity contribution < 1.29 is 4.74 Å². The molecule has 3 unspecified atom stereocenters. The van der Waals surface area contributed by atoms with Crippen LogP contribution in [0, 0.1) is 0 Å². The summed E-state index contributed by atoms with van der Waals surface area (Å²) in [5, 5.41) is 0. The molecule has 0 spiro atoms. The standard InChI is InChI=1S/C10H15ClN2OS/c1-6-2-3-7(14-6)10(13-12)8-4-5-9(11)15-8/h4-7,10,13H,2-3,12H2,1H3. The topological polar surface area (TPSA) is 47.3 Å². The zero-order valence-corrected chi connectivity index (χ0v) is 10.1. The zero-order valence-electron chi connectivity index (χ0n) is 8.57. The number of ether oxygens (including phenoxy) is 1. The third-order valence-corrected chi connectivity index (χ3v) is 4.03. The van der Waals surface area contributed by atoms with Gasteiger partial charge in [-0.2, -0.15) is 0 Å². The van der Waals surface area contributed by atoms with E-state index in [1.54, 1.807) is 11.3 Å². The van der Waals surface area contributed by atoms with Crippen LogP contribution in [0.15, 0.2) is 12.1 Å². The normalized spacial score (nSPS) is 28.2. The average Bonchev–Trinajstić information content (AvgIpc) is 2.78. The fourth-order valence-corrected chi connectivity index (χ4v) is 3.12. The van der Waals surface area contributed by atoms with E-state index in [1.165, 1.54) is 0 Å². The van der Waals surface area contributed by atoms with Crippen LogP contribution in [0.1, 0.15) is 30.7 Å². The van der Waals surface area contributed by atoms with Crippen molar-refractivity contribution >= 4 is 22.9 Å². The van der Waals surface area contributed by atoms with Gasteiger partial charge >= 0.3 is 0 Å². The third kappa shape index (κ3) is 2.52. The quantitative estimate of drug-likeness (QED) is 0.636. The Morgan fingerprint density at radius 1 is 1.60 bits per heavy atom. The summed E-state index contributed by atoms with van der Waals surface area (Å²) in [7, 11) is 0. The molecule has 0 radical (unpaired) electrons. The monoisotopic (exact) mass is 246 g/mol. The van der Waals surface area contributed by atoms with E-state index in [1.807, 2.05) is 12.1 Å². The molecule has 3 atom stereocenters. The molecule has 1 aliphatic rings. The lowest BCUT2D eigenvalue weighted by Crippen LogP contribution is -2.36. The summed E-state index contributed by atoms with van der Waals surface area (Å²) in [6.07, 6.45) is 2.65. The highest BCUT2D eigenvalue weighted by Gasteiger charge is 2.30. The smallest absolute Gasteiger partial charge is 0.0931 e. The Hall–Kier alpha value is -0.130. The minimum Gasteiger partial charge on any atom is -0.373 e. The van der Waals surface area contributed by atoms with Crippen LogP contribution in [0.5, 0.6) is 0 Å². The van der Waals surface area contributed by atoms with E-state index in [-0.39, 0.29) is 12.1 Å². The van der Waals surface area contributed by atoms with Crippen LogP contribution in [0.4, 0.5) is 0 Å². The van der Waals surface area contributed by atoms with Gasteiger partial charge in [0.25, 0.3) is 0 Å². The highest BCUT2D eigenvalue weighted by Crippen LogP contribution is 2.34. The maximum Gasteiger partial charge on any atom is 0.0931 e. The predicted molar refractivity (Wildman–Crippen MR) is 63.0 cm³/mol. The molecule has 2 heterocycles. The lowest BCUT2D eigenvalue weighted by molar-refractivity contribution is 0.0324. The molecule has 0 aromatic carbocycles. The van der Waals surface area contributed by atoms with E-state index < -0.39 is 0 Å². The van der Waals surface area contributed by atoms with Gasteiger partial charge in [-0.05, 0) is 31.9 Å². The minimum absolute atomic E-state index is 0.0625. The van der Waals surface area contributed by atoms with Gasteiger partial charge in [-0.1, -0.05) is 11.6 Å². The molecule has 0 saturated carbocycles. The molecule has 84 valence electrons. The second-order valence-corrected chi connectivity index (χ2v) is 5.60. The number of halogens is 1. The lowest BCUT2D eigenvalue weighted by Gasteiger charge is -2.21. The summed E-state index contributed by atoms with van der Waals surface area (Å²) >= 11 is 7.46. The van der Waals surface area contributed by atoms with Gasteiger partial charge in [-0.15, -0.1) is 11.3 Å². The second-order valence-electron chi connectivity index (χ2n) is 3.85. The van der Waals surface area contributed by atoms with Crippen LogP contribution >= 0.6 is 22.9 Å². The van der Waals surface area contributed by atoms with E-state index in [2.05, 4.69) is 12.3 Å². The Bertz CT molecular complexity index is 331. The van der Waals surface area contributed by atoms with Gasteiger partial charge in [-0.3, -0.25) is 5.84 Å². The first-order chi connectivity index (χ1) is 7.20. The maximum atomic E-state index is 5.91. The maximum absolute atomic E-state index is 5.91. The molecule has 0 bridgehead atoms. The van der Waals surface area contributed by atoms with Gasteiger partial charge in [0.2, 0.25) is 0 Å². The summed E-state index contributed by atoms with van der Waals surface area (Å²) in [5.41, 5.74) is 2.82. The summed E-state index contributed by atoms with van der Waals surface area (Å²) < 4.78 is 6.59. The summed E-state index contributed by atoms with van der Waals surface area (Å²) in [6, 6.07) is 3.96. The van der Waals surface area contributed by atoms with Crippen molar-refractivity contribution in [1.29, 1.82) is 0 Å². The summed E-state index contributed by atoms with van der Waals surface area (Å²) in [6.45, 7) is 2.09. The minimum atomic E-state index is 0.0625. The number of hydrogen-bond acceptors (Lipinski definition) is 4. The first-order valence-electron chi connectivity index (χ1n) is 5.07. The Balaban J connectivity index is 2.10. The van der Waals surface area contributed by atoms with Crippen molar-refractivity contribution in [2.24, 2.45) is 5.84 Å². The zero-order chi connectivity index (χ0) is 10.8. The highest BCUT2D eigenvalue weighted by atomic mass is 35.5. The van der Waals surface area contributed by atoms with E-state index in [9.17, 15) is 0 Å². The SMILES string of the molecule is CC1CCC(C(NN)c2ccc(Cl)s2)O1. The number of hydrazine groups is 1. The fraction of sp³-hybridized carbons (Fsp3) is 0.600. The number of nitrogens with two attached hydrogens (primary N) is 1. The molecule has 1 saturated heterocycles. The van der Waals surface area contributed by atoms with Gasteiger partial charge < -0.3 is 4.74 Å². The van der Waals surface area contributed by atoms with Gasteiger partial charge in [0.15, 0.2) is 0 Å². The van der Waals surface area contributed by atoms with E-state index in [4.69, 9.17) is 22.2 Å². The number of rotatable bonds is 3. The second kappa shape index (κ2) is 4.80. The van der Waals surface area contributed by atoms with E-state index >= 15 is 0 Å². The molecule has 0 aliphatic carbocycles. The highest BCUT2D eigenvalue weighted by molar-refractivity contribution is 7.16. The number of hydrogen-bond donors (Lipinski definition) is 2. The molecule has 3 N–H and O–H groups in total. The third-order valence-electron chi connectivity index (χ3n) is 2.72. The Morgan fingerprint density at radius 3 is 2.87 bits per heavy atom. The molecule has 5 heteroatoms. The first-order valence-corrected chi connectivity index (χ1v) is 6.27. The van der Waals surface area contributed by atoms with Crippen LogP contribution in [-0.4, -0.2) is 12.2 Å². The number of nitrogens with one attached hydrogen (secondary N) is 1. The van der Waals surface area contributed by atoms with Gasteiger partial charge in [-0.25, -0.2) is 5.43 Å². The molecule has 0 amide bonds. The number of thiophene rings is 1. The molecule has 3 nitrogen and oxygen atoms in total. The summed E-state index contributed by atoms with van der Waals surface area (Å²) in [5.74, 6) is 5.57. The van der Waals surface area contributed by atoms with Crippen LogP contribution in [0.2, 0.25) is 4.34 Å². The molecular formula is C10H15ClN2OS. The molecule has 2 rings (SSSR count). The average molecular weight is 247 g/mol. The molecule has 15 heavy (non-hydrogen) atoms. The first kappa shape index (κ1) is 11.4. The largest absolute Gasteiger partial charge is 0.373 e. The van der Waals surface area contributed by atoms with Crippen molar-refractivity contribution in [3.63, 3.8) is 0 Å². The molecule has 1 aromatic heterocycles. The summed E-state index contributed by atoms with van der Waals surface area (Å²) in [4.78, 5) is 1.14. The van der Waals surface area contributed by atoms with Crippen molar-refractivity contribution in [2.45, 2.75) is 38.0 Å². The van der Waals surface area contributed by atoms with Crippen molar-refractivity contribution in [2.75, 3.05) is 0 Å². The van der Waals surface area contributed by atoms with Crippen molar-refractivity contribution in [3.8, 4) is 0 Å². The molecular weight excluding hydrogens is 232 g/mol. The Kier molecular flexibility index (Phi) is 3.64. The molecule has 1 aliphatic heterocycles. The molecule has 1 aromatic rings. The molecule has 1 fully saturated rings. The van der Waals surface area contributed by atoms with Crippen LogP contribution in [0.3, 0.4) is 0 Å². The van der Waals surface area contributed by atoms with Crippen LogP contribution in [0.25, 0.3) is 0 Å². The van der Waals surface area contributed by atoms with Crippen LogP contribution in [-0.2, 0) is 4.74 Å². The van der Waals surface area contributed by atoms with Gasteiger partial charge in [0, 0.05) is 4.88 Å². The van der Waals surface area contributed by atoms with Crippen molar-refractivity contribution in [3.05, 3.63) is 21.3 Å². The Morgan fingerprint density at radius 2 is 2.40 bits per heavy atom. The van der Waals surface area contributed by atoms with Gasteiger partial charge in [0.1, 0.15) is 0 Å². The van der Waals surface area contributed by atoms with Crippen molar-refractivity contribution in [1.82, 2.24) is 5.43 Å². The Labute approximate surface area is 98.5 Å². The lowest BCUT2D eigenvalue weighted by atomic mass is 10.1. The van der Waals surface area contributed by atoms with E-state index in [0.717, 1.165) is 22.1 Å².